The van der Waals surface area contributed by atoms with Gasteiger partial charge in [-0.25, -0.2) is 4.98 Å². The lowest BCUT2D eigenvalue weighted by molar-refractivity contribution is 0.110. The van der Waals surface area contributed by atoms with Gasteiger partial charge in [0.15, 0.2) is 0 Å². The van der Waals surface area contributed by atoms with Crippen molar-refractivity contribution < 1.29 is 0 Å². The third-order valence-corrected chi connectivity index (χ3v) is 6.62. The van der Waals surface area contributed by atoms with Crippen LogP contribution in [0.15, 0.2) is 59.5 Å². The number of nitrogens with one attached hydrogen (secondary N) is 1. The van der Waals surface area contributed by atoms with Crippen LogP contribution in [0, 0.1) is 11.3 Å². The minimum Gasteiger partial charge on any atom is -0.347 e. The second kappa shape index (κ2) is 9.59. The van der Waals surface area contributed by atoms with Crippen LogP contribution < -0.4 is 0 Å². The number of aromatic amines is 1. The number of rotatable bonds is 7. The lowest BCUT2D eigenvalue weighted by Gasteiger charge is -2.42. The van der Waals surface area contributed by atoms with Gasteiger partial charge >= 0.3 is 0 Å². The van der Waals surface area contributed by atoms with Crippen molar-refractivity contribution in [3.8, 4) is 6.07 Å². The molecule has 4 nitrogen and oxygen atoms in total. The fourth-order valence-electron chi connectivity index (χ4n) is 4.57. The maximum absolute atomic E-state index is 9.12. The Morgan fingerprint density at radius 2 is 2.10 bits per heavy atom. The van der Waals surface area contributed by atoms with E-state index in [2.05, 4.69) is 74.1 Å². The summed E-state index contributed by atoms with van der Waals surface area (Å²) < 4.78 is 1.15. The molecule has 0 spiro atoms. The molecule has 30 heavy (non-hydrogen) atoms. The molecule has 0 fully saturated rings. The van der Waals surface area contributed by atoms with Crippen molar-refractivity contribution in [3.63, 3.8) is 0 Å². The average molecular weight is 463 g/mol. The Bertz CT molecular complexity index is 1000. The zero-order valence-corrected chi connectivity index (χ0v) is 18.9. The van der Waals surface area contributed by atoms with E-state index < -0.39 is 0 Å². The Balaban J connectivity index is 1.70. The van der Waals surface area contributed by atoms with Crippen LogP contribution in [0.1, 0.15) is 66.2 Å². The molecule has 1 aliphatic heterocycles. The molecular formula is C25H27BrN4. The van der Waals surface area contributed by atoms with E-state index in [9.17, 15) is 0 Å². The number of nitrogens with zero attached hydrogens (tertiary/aromatic N) is 3. The molecular weight excluding hydrogens is 436 g/mol. The van der Waals surface area contributed by atoms with Crippen molar-refractivity contribution in [2.24, 2.45) is 0 Å². The molecule has 0 saturated heterocycles. The van der Waals surface area contributed by atoms with Crippen LogP contribution in [0.3, 0.4) is 0 Å². The Kier molecular flexibility index (Phi) is 6.66. The maximum atomic E-state index is 9.12. The molecule has 0 aliphatic carbocycles. The summed E-state index contributed by atoms with van der Waals surface area (Å²) in [6, 6.07) is 17.6. The Morgan fingerprint density at radius 1 is 1.27 bits per heavy atom. The molecule has 1 aromatic heterocycles. The van der Waals surface area contributed by atoms with Crippen LogP contribution in [0.2, 0.25) is 0 Å². The van der Waals surface area contributed by atoms with Crippen LogP contribution in [0.25, 0.3) is 0 Å². The first-order valence-electron chi connectivity index (χ1n) is 10.7. The third kappa shape index (κ3) is 4.50. The van der Waals surface area contributed by atoms with Gasteiger partial charge in [0, 0.05) is 23.3 Å². The summed E-state index contributed by atoms with van der Waals surface area (Å²) in [4.78, 5) is 10.4. The summed E-state index contributed by atoms with van der Waals surface area (Å²) in [5.41, 5.74) is 6.02. The van der Waals surface area contributed by atoms with Crippen LogP contribution in [-0.2, 0) is 12.8 Å². The van der Waals surface area contributed by atoms with E-state index in [1.54, 1.807) is 6.33 Å². The normalized spacial score (nSPS) is 17.3. The predicted molar refractivity (Wildman–Crippen MR) is 123 cm³/mol. The minimum absolute atomic E-state index is 0.217. The highest BCUT2D eigenvalue weighted by Crippen LogP contribution is 2.40. The highest BCUT2D eigenvalue weighted by molar-refractivity contribution is 9.10. The quantitative estimate of drug-likeness (QED) is 0.460. The van der Waals surface area contributed by atoms with Gasteiger partial charge in [-0.05, 0) is 60.2 Å². The monoisotopic (exact) mass is 462 g/mol. The van der Waals surface area contributed by atoms with Gasteiger partial charge in [-0.15, -0.1) is 0 Å². The van der Waals surface area contributed by atoms with E-state index in [4.69, 9.17) is 5.26 Å². The summed E-state index contributed by atoms with van der Waals surface area (Å²) in [6.45, 7) is 3.29. The van der Waals surface area contributed by atoms with Crippen molar-refractivity contribution in [3.05, 3.63) is 87.4 Å². The lowest BCUT2D eigenvalue weighted by Crippen LogP contribution is -2.39. The number of imidazole rings is 1. The number of hydrogen-bond acceptors (Lipinski definition) is 3. The second-order valence-electron chi connectivity index (χ2n) is 8.02. The molecule has 154 valence electrons. The number of unbranched alkanes of at least 4 members (excludes halogenated alkanes) is 1. The van der Waals surface area contributed by atoms with Crippen LogP contribution in [0.4, 0.5) is 0 Å². The summed E-state index contributed by atoms with van der Waals surface area (Å²) in [7, 11) is 0. The van der Waals surface area contributed by atoms with Crippen LogP contribution >= 0.6 is 15.9 Å². The predicted octanol–water partition coefficient (Wildman–Crippen LogP) is 6.12. The topological polar surface area (TPSA) is 55.7 Å². The second-order valence-corrected chi connectivity index (χ2v) is 8.94. The van der Waals surface area contributed by atoms with Gasteiger partial charge < -0.3 is 4.98 Å². The molecule has 0 saturated carbocycles. The van der Waals surface area contributed by atoms with E-state index in [0.717, 1.165) is 36.0 Å². The molecule has 2 aromatic carbocycles. The molecule has 2 heterocycles. The van der Waals surface area contributed by atoms with Gasteiger partial charge in [0.05, 0.1) is 29.7 Å². The molecule has 0 unspecified atom stereocenters. The number of benzene rings is 2. The van der Waals surface area contributed by atoms with Crippen molar-refractivity contribution in [1.29, 1.82) is 5.26 Å². The van der Waals surface area contributed by atoms with E-state index in [1.165, 1.54) is 29.5 Å². The van der Waals surface area contributed by atoms with Crippen molar-refractivity contribution in [1.82, 2.24) is 14.9 Å². The molecule has 5 heteroatoms. The lowest BCUT2D eigenvalue weighted by atomic mass is 9.87. The molecule has 0 amide bonds. The maximum Gasteiger partial charge on any atom is 0.0991 e. The summed E-state index contributed by atoms with van der Waals surface area (Å²) >= 11 is 3.69. The van der Waals surface area contributed by atoms with E-state index in [-0.39, 0.29) is 6.04 Å². The number of hydrogen-bond donors (Lipinski definition) is 1. The molecule has 4 rings (SSSR count). The molecule has 1 aliphatic rings. The first-order valence-corrected chi connectivity index (χ1v) is 11.5. The molecule has 1 N–H and O–H groups in total. The fourth-order valence-corrected chi connectivity index (χ4v) is 4.95. The Morgan fingerprint density at radius 3 is 2.80 bits per heavy atom. The van der Waals surface area contributed by atoms with Crippen LogP contribution in [0.5, 0.6) is 0 Å². The molecule has 3 aromatic rings. The summed E-state index contributed by atoms with van der Waals surface area (Å²) in [5.74, 6) is 0. The fraction of sp³-hybridized carbons (Fsp3) is 0.360. The first kappa shape index (κ1) is 20.8. The highest BCUT2D eigenvalue weighted by atomic mass is 79.9. The molecule has 2 atom stereocenters. The zero-order valence-electron chi connectivity index (χ0n) is 17.3. The highest BCUT2D eigenvalue weighted by Gasteiger charge is 2.33. The van der Waals surface area contributed by atoms with Gasteiger partial charge in [0.2, 0.25) is 0 Å². The van der Waals surface area contributed by atoms with Crippen LogP contribution in [-0.4, -0.2) is 21.4 Å². The Hall–Kier alpha value is -2.42. The van der Waals surface area contributed by atoms with Crippen molar-refractivity contribution in [2.75, 3.05) is 6.54 Å². The van der Waals surface area contributed by atoms with E-state index in [0.29, 0.717) is 11.6 Å². The standard InChI is InChI=1S/C25H27BrN4/c1-2-3-4-24-22-14-21(26)10-9-20(22)11-12-30(24)25(23-16-28-17-29-23)13-18-5-7-19(15-27)8-6-18/h5-10,14,16-17,24-25H,2-4,11-13H2,1H3,(H,28,29)/t24-,25+/m0/s1. The van der Waals surface area contributed by atoms with E-state index >= 15 is 0 Å². The smallest absolute Gasteiger partial charge is 0.0991 e. The number of fused-ring (bicyclic) bond motifs is 1. The van der Waals surface area contributed by atoms with Gasteiger partial charge in [-0.1, -0.05) is 53.9 Å². The number of H-pyrrole nitrogens is 1. The third-order valence-electron chi connectivity index (χ3n) is 6.13. The number of halogens is 1. The first-order chi connectivity index (χ1) is 14.7. The summed E-state index contributed by atoms with van der Waals surface area (Å²) in [6.07, 6.45) is 9.23. The number of aromatic nitrogens is 2. The zero-order chi connectivity index (χ0) is 20.9. The molecule has 0 bridgehead atoms. The molecule has 0 radical (unpaired) electrons. The van der Waals surface area contributed by atoms with Crippen molar-refractivity contribution >= 4 is 15.9 Å². The van der Waals surface area contributed by atoms with Gasteiger partial charge in [-0.2, -0.15) is 5.26 Å². The van der Waals surface area contributed by atoms with Gasteiger partial charge in [0.1, 0.15) is 0 Å². The number of nitriles is 1. The van der Waals surface area contributed by atoms with Gasteiger partial charge in [0.25, 0.3) is 0 Å². The minimum atomic E-state index is 0.217. The summed E-state index contributed by atoms with van der Waals surface area (Å²) in [5, 5.41) is 9.12. The van der Waals surface area contributed by atoms with E-state index in [1.807, 2.05) is 18.3 Å². The largest absolute Gasteiger partial charge is 0.347 e. The Labute approximate surface area is 187 Å². The van der Waals surface area contributed by atoms with Gasteiger partial charge in [-0.3, -0.25) is 4.90 Å². The SMILES string of the molecule is CCCC[C@H]1c2cc(Br)ccc2CCN1[C@H](Cc1ccc(C#N)cc1)c1cnc[nH]1. The van der Waals surface area contributed by atoms with Crippen molar-refractivity contribution in [2.45, 2.75) is 51.1 Å². The average Bonchev–Trinajstić information content (AvgIpc) is 3.31.